The van der Waals surface area contributed by atoms with Gasteiger partial charge in [-0.05, 0) is 73.7 Å². The first kappa shape index (κ1) is 26.3. The number of fused-ring (bicyclic) bond motifs is 1. The van der Waals surface area contributed by atoms with E-state index in [9.17, 15) is 13.2 Å². The second kappa shape index (κ2) is 10.8. The number of ether oxygens (including phenoxy) is 1. The molecule has 0 saturated carbocycles. The topological polar surface area (TPSA) is 79.8 Å². The number of rotatable bonds is 7. The highest BCUT2D eigenvalue weighted by molar-refractivity contribution is 7.89. The fourth-order valence-electron chi connectivity index (χ4n) is 4.97. The number of carbonyl (C=O) groups is 1. The molecule has 1 aliphatic rings. The molecular weight excluding hydrogens is 518 g/mol. The third-order valence-electron chi connectivity index (χ3n) is 6.92. The van der Waals surface area contributed by atoms with E-state index < -0.39 is 15.9 Å². The average molecular weight is 550 g/mol. The van der Waals surface area contributed by atoms with Crippen molar-refractivity contribution in [1.29, 1.82) is 0 Å². The van der Waals surface area contributed by atoms with E-state index in [2.05, 4.69) is 13.0 Å². The number of amides is 1. The van der Waals surface area contributed by atoms with Gasteiger partial charge >= 0.3 is 0 Å². The molecule has 1 amide bonds. The smallest absolute Gasteiger partial charge is 0.243 e. The lowest BCUT2D eigenvalue weighted by Gasteiger charge is -2.33. The van der Waals surface area contributed by atoms with Gasteiger partial charge in [-0.15, -0.1) is 0 Å². The number of thiazole rings is 1. The van der Waals surface area contributed by atoms with Gasteiger partial charge in [0.15, 0.2) is 5.13 Å². The fraction of sp³-hybridized carbons (Fsp3) is 0.310. The number of hydrogen-bond acceptors (Lipinski definition) is 6. The van der Waals surface area contributed by atoms with Crippen molar-refractivity contribution in [2.75, 3.05) is 25.1 Å². The fourth-order valence-corrected chi connectivity index (χ4v) is 7.51. The van der Waals surface area contributed by atoms with Crippen LogP contribution < -0.4 is 9.64 Å². The number of benzene rings is 3. The number of aromatic nitrogens is 1. The van der Waals surface area contributed by atoms with Crippen molar-refractivity contribution in [3.05, 3.63) is 83.4 Å². The van der Waals surface area contributed by atoms with E-state index >= 15 is 0 Å². The zero-order chi connectivity index (χ0) is 26.9. The van der Waals surface area contributed by atoms with Crippen molar-refractivity contribution in [3.63, 3.8) is 0 Å². The largest absolute Gasteiger partial charge is 0.497 e. The Morgan fingerprint density at radius 2 is 1.84 bits per heavy atom. The van der Waals surface area contributed by atoms with E-state index in [1.54, 1.807) is 36.3 Å². The van der Waals surface area contributed by atoms with Gasteiger partial charge in [-0.2, -0.15) is 4.31 Å². The number of carbonyl (C=O) groups excluding carboxylic acids is 1. The predicted molar refractivity (Wildman–Crippen MR) is 151 cm³/mol. The molecule has 5 rings (SSSR count). The monoisotopic (exact) mass is 549 g/mol. The van der Waals surface area contributed by atoms with Crippen LogP contribution in [0.25, 0.3) is 10.2 Å². The third kappa shape index (κ3) is 5.32. The van der Waals surface area contributed by atoms with Crippen molar-refractivity contribution in [2.24, 2.45) is 5.92 Å². The molecule has 38 heavy (non-hydrogen) atoms. The standard InChI is InChI=1S/C29H31N3O4S2/c1-20-16-21(2)27-26(17-20)30-29(37-27)32(18-22-8-5-4-6-9-22)28(33)23-10-7-15-31(19-23)38(34,35)25-13-11-24(36-3)12-14-25/h4-6,8-9,11-14,16-17,23H,7,10,15,18-19H2,1-3H3. The molecule has 9 heteroatoms. The SMILES string of the molecule is COc1ccc(S(=O)(=O)N2CCCC(C(=O)N(Cc3ccccc3)c3nc4cc(C)cc(C)c4s3)C2)cc1. The molecule has 198 valence electrons. The number of hydrogen-bond donors (Lipinski definition) is 0. The zero-order valence-electron chi connectivity index (χ0n) is 21.8. The first-order valence-corrected chi connectivity index (χ1v) is 14.9. The highest BCUT2D eigenvalue weighted by Crippen LogP contribution is 2.35. The molecule has 7 nitrogen and oxygen atoms in total. The number of aryl methyl sites for hydroxylation is 2. The van der Waals surface area contributed by atoms with Crippen LogP contribution in [0.4, 0.5) is 5.13 Å². The van der Waals surface area contributed by atoms with Crippen molar-refractivity contribution in [1.82, 2.24) is 9.29 Å². The van der Waals surface area contributed by atoms with E-state index in [1.807, 2.05) is 43.3 Å². The second-order valence-corrected chi connectivity index (χ2v) is 12.6. The van der Waals surface area contributed by atoms with Crippen molar-refractivity contribution in [2.45, 2.75) is 38.1 Å². The van der Waals surface area contributed by atoms with Gasteiger partial charge in [-0.25, -0.2) is 13.4 Å². The first-order chi connectivity index (χ1) is 18.3. The minimum absolute atomic E-state index is 0.100. The third-order valence-corrected chi connectivity index (χ3v) is 10.0. The van der Waals surface area contributed by atoms with Gasteiger partial charge in [0.25, 0.3) is 0 Å². The Morgan fingerprint density at radius 3 is 2.55 bits per heavy atom. The summed E-state index contributed by atoms with van der Waals surface area (Å²) in [7, 11) is -2.20. The first-order valence-electron chi connectivity index (χ1n) is 12.6. The summed E-state index contributed by atoms with van der Waals surface area (Å²) >= 11 is 1.51. The maximum Gasteiger partial charge on any atom is 0.243 e. The van der Waals surface area contributed by atoms with Crippen LogP contribution in [0.5, 0.6) is 5.75 Å². The van der Waals surface area contributed by atoms with Crippen LogP contribution in [-0.4, -0.2) is 43.8 Å². The molecule has 0 radical (unpaired) electrons. The summed E-state index contributed by atoms with van der Waals surface area (Å²) in [5.41, 5.74) is 4.12. The van der Waals surface area contributed by atoms with Gasteiger partial charge in [0.2, 0.25) is 15.9 Å². The van der Waals surface area contributed by atoms with E-state index in [0.29, 0.717) is 36.8 Å². The summed E-state index contributed by atoms with van der Waals surface area (Å²) in [6.45, 7) is 5.00. The Labute approximate surface area is 227 Å². The molecule has 2 heterocycles. The molecule has 1 fully saturated rings. The van der Waals surface area contributed by atoms with Crippen LogP contribution in [0, 0.1) is 19.8 Å². The maximum absolute atomic E-state index is 14.1. The lowest BCUT2D eigenvalue weighted by atomic mass is 9.98. The van der Waals surface area contributed by atoms with E-state index in [0.717, 1.165) is 26.9 Å². The van der Waals surface area contributed by atoms with Crippen LogP contribution in [0.3, 0.4) is 0 Å². The van der Waals surface area contributed by atoms with E-state index in [-0.39, 0.29) is 17.3 Å². The van der Waals surface area contributed by atoms with Crippen LogP contribution >= 0.6 is 11.3 Å². The van der Waals surface area contributed by atoms with Crippen molar-refractivity contribution < 1.29 is 17.9 Å². The van der Waals surface area contributed by atoms with Gasteiger partial charge in [-0.3, -0.25) is 9.69 Å². The molecule has 0 N–H and O–H groups in total. The molecule has 1 atom stereocenters. The minimum atomic E-state index is -3.74. The van der Waals surface area contributed by atoms with Crippen molar-refractivity contribution in [3.8, 4) is 5.75 Å². The normalized spacial score (nSPS) is 16.4. The number of sulfonamides is 1. The quantitative estimate of drug-likeness (QED) is 0.302. The van der Waals surface area contributed by atoms with Crippen LogP contribution in [0.15, 0.2) is 71.6 Å². The van der Waals surface area contributed by atoms with Crippen LogP contribution in [0.2, 0.25) is 0 Å². The second-order valence-electron chi connectivity index (χ2n) is 9.71. The maximum atomic E-state index is 14.1. The summed E-state index contributed by atoms with van der Waals surface area (Å²) in [4.78, 5) is 20.9. The number of anilines is 1. The summed E-state index contributed by atoms with van der Waals surface area (Å²) in [5, 5.41) is 0.637. The molecule has 0 bridgehead atoms. The summed E-state index contributed by atoms with van der Waals surface area (Å²) in [6, 6.07) is 20.4. The highest BCUT2D eigenvalue weighted by Gasteiger charge is 2.36. The Bertz CT molecular complexity index is 1550. The Morgan fingerprint density at radius 1 is 1.11 bits per heavy atom. The lowest BCUT2D eigenvalue weighted by molar-refractivity contribution is -0.123. The Hall–Kier alpha value is -3.27. The van der Waals surface area contributed by atoms with Gasteiger partial charge in [-0.1, -0.05) is 47.7 Å². The summed E-state index contributed by atoms with van der Waals surface area (Å²) in [5.74, 6) is 0.0284. The average Bonchev–Trinajstić information content (AvgIpc) is 3.36. The minimum Gasteiger partial charge on any atom is -0.497 e. The molecule has 1 aliphatic heterocycles. The van der Waals surface area contributed by atoms with E-state index in [1.165, 1.54) is 15.6 Å². The summed E-state index contributed by atoms with van der Waals surface area (Å²) < 4.78 is 34.5. The molecule has 1 unspecified atom stereocenters. The van der Waals surface area contributed by atoms with Crippen molar-refractivity contribution >= 4 is 42.6 Å². The lowest BCUT2D eigenvalue weighted by Crippen LogP contribution is -2.46. The van der Waals surface area contributed by atoms with Gasteiger partial charge in [0, 0.05) is 13.1 Å². The number of methoxy groups -OCH3 is 1. The summed E-state index contributed by atoms with van der Waals surface area (Å²) in [6.07, 6.45) is 1.24. The van der Waals surface area contributed by atoms with Gasteiger partial charge in [0.05, 0.1) is 34.7 Å². The molecule has 1 aromatic heterocycles. The van der Waals surface area contributed by atoms with Crippen LogP contribution in [0.1, 0.15) is 29.5 Å². The molecule has 1 saturated heterocycles. The number of nitrogens with zero attached hydrogens (tertiary/aromatic N) is 3. The molecule has 3 aromatic carbocycles. The molecular formula is C29H31N3O4S2. The van der Waals surface area contributed by atoms with E-state index in [4.69, 9.17) is 9.72 Å². The predicted octanol–water partition coefficient (Wildman–Crippen LogP) is 5.56. The Balaban J connectivity index is 1.45. The molecule has 4 aromatic rings. The molecule has 0 aliphatic carbocycles. The zero-order valence-corrected chi connectivity index (χ0v) is 23.4. The Kier molecular flexibility index (Phi) is 7.52. The van der Waals surface area contributed by atoms with Crippen LogP contribution in [-0.2, 0) is 21.4 Å². The molecule has 0 spiro atoms. The van der Waals surface area contributed by atoms with Gasteiger partial charge in [0.1, 0.15) is 5.75 Å². The highest BCUT2D eigenvalue weighted by atomic mass is 32.2. The van der Waals surface area contributed by atoms with Gasteiger partial charge < -0.3 is 4.74 Å². The number of piperidine rings is 1.